The minimum atomic E-state index is -0.367. The van der Waals surface area contributed by atoms with Crippen molar-refractivity contribution in [2.24, 2.45) is 0 Å². The average Bonchev–Trinajstić information content (AvgIpc) is 3.18. The molecule has 57 heavy (non-hydrogen) atoms. The lowest BCUT2D eigenvalue weighted by Crippen LogP contribution is -2.35. The molecule has 0 saturated carbocycles. The van der Waals surface area contributed by atoms with E-state index in [0.717, 1.165) is 103 Å². The number of carbonyl (C=O) groups is 4. The van der Waals surface area contributed by atoms with Gasteiger partial charge in [-0.2, -0.15) is 9.97 Å². The molecule has 18 nitrogen and oxygen atoms in total. The second-order valence-corrected chi connectivity index (χ2v) is 13.6. The predicted octanol–water partition coefficient (Wildman–Crippen LogP) is 5.26. The van der Waals surface area contributed by atoms with E-state index in [9.17, 15) is 28.8 Å². The molecule has 0 unspecified atom stereocenters. The van der Waals surface area contributed by atoms with Crippen molar-refractivity contribution in [2.75, 3.05) is 50.4 Å². The molecule has 0 spiro atoms. The number of hydrogen-bond acceptors (Lipinski definition) is 8. The molecule has 0 radical (unpaired) electrons. The summed E-state index contributed by atoms with van der Waals surface area (Å²) in [4.78, 5) is 77.8. The van der Waals surface area contributed by atoms with Gasteiger partial charge in [-0.25, -0.2) is 28.8 Å². The fourth-order valence-electron chi connectivity index (χ4n) is 5.40. The van der Waals surface area contributed by atoms with Gasteiger partial charge in [-0.15, -0.1) is 0 Å². The van der Waals surface area contributed by atoms with Crippen molar-refractivity contribution in [1.29, 1.82) is 0 Å². The Hall–Kier alpha value is -5.16. The highest BCUT2D eigenvalue weighted by molar-refractivity contribution is 5.88. The summed E-state index contributed by atoms with van der Waals surface area (Å²) < 4.78 is 3.14. The molecular formula is C39H70N12O6. The van der Waals surface area contributed by atoms with E-state index in [1.807, 2.05) is 6.92 Å². The van der Waals surface area contributed by atoms with E-state index in [-0.39, 0.29) is 47.1 Å². The summed E-state index contributed by atoms with van der Waals surface area (Å²) in [5.41, 5.74) is -0.694. The maximum Gasteiger partial charge on any atom is 0.349 e. The minimum absolute atomic E-state index is 0.136. The summed E-state index contributed by atoms with van der Waals surface area (Å²) >= 11 is 0. The molecule has 0 atom stereocenters. The van der Waals surface area contributed by atoms with E-state index in [2.05, 4.69) is 66.3 Å². The number of amides is 8. The fraction of sp³-hybridized carbons (Fsp3) is 0.692. The van der Waals surface area contributed by atoms with Crippen LogP contribution < -0.4 is 53.9 Å². The molecule has 2 aromatic heterocycles. The molecular weight excluding hydrogens is 733 g/mol. The zero-order valence-corrected chi connectivity index (χ0v) is 34.8. The number of urea groups is 4. The molecule has 322 valence electrons. The highest BCUT2D eigenvalue weighted by Crippen LogP contribution is 2.05. The van der Waals surface area contributed by atoms with E-state index < -0.39 is 0 Å². The Labute approximate surface area is 337 Å². The van der Waals surface area contributed by atoms with Crippen LogP contribution in [0.3, 0.4) is 0 Å². The van der Waals surface area contributed by atoms with Crippen LogP contribution in [0.15, 0.2) is 34.1 Å². The van der Waals surface area contributed by atoms with Gasteiger partial charge >= 0.3 is 35.5 Å². The smallest absolute Gasteiger partial charge is 0.341 e. The van der Waals surface area contributed by atoms with Gasteiger partial charge in [-0.05, 0) is 57.6 Å². The number of hydrogen-bond donors (Lipinski definition) is 8. The highest BCUT2D eigenvalue weighted by Gasteiger charge is 2.07. The Kier molecular flexibility index (Phi) is 28.9. The van der Waals surface area contributed by atoms with Crippen molar-refractivity contribution < 1.29 is 19.2 Å². The summed E-state index contributed by atoms with van der Waals surface area (Å²) in [6.45, 7) is 10.5. The third-order valence-electron chi connectivity index (χ3n) is 8.65. The van der Waals surface area contributed by atoms with Crippen LogP contribution in [-0.4, -0.2) is 83.0 Å². The van der Waals surface area contributed by atoms with Crippen LogP contribution in [-0.2, 0) is 13.1 Å². The van der Waals surface area contributed by atoms with Crippen molar-refractivity contribution in [1.82, 2.24) is 51.0 Å². The molecule has 18 heteroatoms. The summed E-state index contributed by atoms with van der Waals surface area (Å²) in [5, 5.41) is 21.4. The highest BCUT2D eigenvalue weighted by atomic mass is 16.2. The van der Waals surface area contributed by atoms with Gasteiger partial charge < -0.3 is 31.9 Å². The quantitative estimate of drug-likeness (QED) is 0.0554. The van der Waals surface area contributed by atoms with Crippen molar-refractivity contribution in [2.45, 2.75) is 137 Å². The Morgan fingerprint density at radius 2 is 0.860 bits per heavy atom. The van der Waals surface area contributed by atoms with Crippen LogP contribution in [0.5, 0.6) is 0 Å². The number of unbranched alkanes of at least 4 members (excludes halogenated alkanes) is 12. The molecule has 2 heterocycles. The zero-order chi connectivity index (χ0) is 41.9. The SMILES string of the molecule is CCCCCCn1ccc(NC(=O)NCCCCCCNC(=O)NC)nc1=O.CCCCCCn1ccc(NC(=O)NCCCCCCNC(=O)NCC)nc1=O. The lowest BCUT2D eigenvalue weighted by Gasteiger charge is -2.09. The zero-order valence-electron chi connectivity index (χ0n) is 34.8. The average molecular weight is 803 g/mol. The lowest BCUT2D eigenvalue weighted by molar-refractivity contribution is 0.240. The maximum atomic E-state index is 12.0. The van der Waals surface area contributed by atoms with E-state index in [4.69, 9.17) is 0 Å². The van der Waals surface area contributed by atoms with Crippen LogP contribution in [0.1, 0.15) is 124 Å². The largest absolute Gasteiger partial charge is 0.349 e. The van der Waals surface area contributed by atoms with E-state index in [1.54, 1.807) is 40.7 Å². The van der Waals surface area contributed by atoms with Crippen molar-refractivity contribution in [3.63, 3.8) is 0 Å². The first-order valence-corrected chi connectivity index (χ1v) is 20.8. The Morgan fingerprint density at radius 1 is 0.491 bits per heavy atom. The topological polar surface area (TPSA) is 234 Å². The first-order chi connectivity index (χ1) is 27.6. The van der Waals surface area contributed by atoms with Crippen LogP contribution in [0.4, 0.5) is 30.8 Å². The van der Waals surface area contributed by atoms with Crippen LogP contribution in [0.25, 0.3) is 0 Å². The first kappa shape index (κ1) is 49.9. The van der Waals surface area contributed by atoms with Crippen molar-refractivity contribution >= 4 is 35.8 Å². The van der Waals surface area contributed by atoms with Gasteiger partial charge in [0.25, 0.3) is 0 Å². The number of anilines is 2. The number of aryl methyl sites for hydroxylation is 2. The number of aromatic nitrogens is 4. The molecule has 0 aliphatic heterocycles. The third kappa shape index (κ3) is 26.4. The van der Waals surface area contributed by atoms with Crippen molar-refractivity contribution in [3.8, 4) is 0 Å². The molecule has 0 fully saturated rings. The second-order valence-electron chi connectivity index (χ2n) is 13.6. The number of carbonyl (C=O) groups excluding carboxylic acids is 4. The van der Waals surface area contributed by atoms with Gasteiger partial charge in [0.2, 0.25) is 0 Å². The van der Waals surface area contributed by atoms with Gasteiger partial charge in [0.05, 0.1) is 0 Å². The van der Waals surface area contributed by atoms with Crippen molar-refractivity contribution in [3.05, 3.63) is 45.5 Å². The molecule has 0 saturated heterocycles. The van der Waals surface area contributed by atoms with Gasteiger partial charge in [0, 0.05) is 65.3 Å². The monoisotopic (exact) mass is 803 g/mol. The fourth-order valence-corrected chi connectivity index (χ4v) is 5.40. The molecule has 8 N–H and O–H groups in total. The Balaban J connectivity index is 0.000000570. The second kappa shape index (κ2) is 33.0. The maximum absolute atomic E-state index is 12.0. The van der Waals surface area contributed by atoms with E-state index in [1.165, 1.54) is 0 Å². The van der Waals surface area contributed by atoms with E-state index in [0.29, 0.717) is 45.8 Å². The number of rotatable bonds is 27. The summed E-state index contributed by atoms with van der Waals surface area (Å²) in [5.74, 6) is 0.515. The molecule has 0 bridgehead atoms. The molecule has 2 aromatic rings. The van der Waals surface area contributed by atoms with E-state index >= 15 is 0 Å². The predicted molar refractivity (Wildman–Crippen MR) is 226 cm³/mol. The minimum Gasteiger partial charge on any atom is -0.341 e. The third-order valence-corrected chi connectivity index (χ3v) is 8.65. The van der Waals surface area contributed by atoms with Crippen LogP contribution >= 0.6 is 0 Å². The van der Waals surface area contributed by atoms with Crippen LogP contribution in [0.2, 0.25) is 0 Å². The Morgan fingerprint density at radius 3 is 1.21 bits per heavy atom. The molecule has 0 aliphatic rings. The molecule has 2 rings (SSSR count). The standard InChI is InChI=1S/C20H36N6O3.C19H34N6O3/c1-3-5-6-11-15-26-16-12-17(25-20(26)29)24-19(28)23-14-10-8-7-9-13-22-18(27)21-4-2;1-3-4-5-10-14-25-15-11-16(24-19(25)28)23-18(27)22-13-9-7-6-8-12-21-17(26)20-2/h12,16H,3-11,13-15H2,1-2H3,(H2,21,22,27)(H2,23,24,25,28,29);11,15H,3-10,12-14H2,1-2H3,(H2,20,21,26)(H2,22,23,24,27,28). The van der Waals surface area contributed by atoms with Crippen LogP contribution in [0, 0.1) is 0 Å². The number of nitrogens with one attached hydrogen (secondary N) is 8. The van der Waals surface area contributed by atoms with Gasteiger partial charge in [0.15, 0.2) is 0 Å². The van der Waals surface area contributed by atoms with Gasteiger partial charge in [-0.1, -0.05) is 78.1 Å². The normalized spacial score (nSPS) is 10.4. The lowest BCUT2D eigenvalue weighted by atomic mass is 10.2. The molecule has 0 aliphatic carbocycles. The summed E-state index contributed by atoms with van der Waals surface area (Å²) in [7, 11) is 1.58. The summed E-state index contributed by atoms with van der Waals surface area (Å²) in [6, 6.07) is 2.24. The molecule has 0 aromatic carbocycles. The molecule has 8 amide bonds. The van der Waals surface area contributed by atoms with Gasteiger partial charge in [-0.3, -0.25) is 19.8 Å². The van der Waals surface area contributed by atoms with Gasteiger partial charge in [0.1, 0.15) is 11.6 Å². The number of nitrogens with zero attached hydrogens (tertiary/aromatic N) is 4. The Bertz CT molecular complexity index is 1530. The first-order valence-electron chi connectivity index (χ1n) is 20.8. The summed E-state index contributed by atoms with van der Waals surface area (Å²) in [6.07, 6.45) is 19.4.